The normalized spacial score (nSPS) is 14.2. The number of hydrogen-bond acceptors (Lipinski definition) is 3. The van der Waals surface area contributed by atoms with Crippen LogP contribution in [-0.2, 0) is 11.2 Å². The third-order valence-electron chi connectivity index (χ3n) is 4.91. The molecule has 0 aliphatic carbocycles. The van der Waals surface area contributed by atoms with Gasteiger partial charge in [-0.15, -0.1) is 0 Å². The molecular formula is C21H23FN2O3. The van der Waals surface area contributed by atoms with Gasteiger partial charge in [-0.25, -0.2) is 4.39 Å². The highest BCUT2D eigenvalue weighted by Crippen LogP contribution is 2.22. The van der Waals surface area contributed by atoms with Crippen molar-refractivity contribution in [2.75, 3.05) is 33.3 Å². The second-order valence-corrected chi connectivity index (χ2v) is 6.62. The van der Waals surface area contributed by atoms with Crippen molar-refractivity contribution in [3.8, 4) is 5.75 Å². The topological polar surface area (TPSA) is 49.9 Å². The third-order valence-corrected chi connectivity index (χ3v) is 4.91. The summed E-state index contributed by atoms with van der Waals surface area (Å²) in [4.78, 5) is 28.7. The smallest absolute Gasteiger partial charge is 0.257 e. The summed E-state index contributed by atoms with van der Waals surface area (Å²) < 4.78 is 18.7. The summed E-state index contributed by atoms with van der Waals surface area (Å²) in [5, 5.41) is 0. The Morgan fingerprint density at radius 1 is 1.04 bits per heavy atom. The minimum atomic E-state index is -0.480. The zero-order valence-electron chi connectivity index (χ0n) is 15.6. The van der Waals surface area contributed by atoms with Gasteiger partial charge in [-0.3, -0.25) is 9.59 Å². The lowest BCUT2D eigenvalue weighted by Crippen LogP contribution is -2.51. The van der Waals surface area contributed by atoms with Crippen molar-refractivity contribution in [2.24, 2.45) is 0 Å². The van der Waals surface area contributed by atoms with E-state index >= 15 is 0 Å². The molecule has 2 amide bonds. The molecule has 0 saturated carbocycles. The van der Waals surface area contributed by atoms with Gasteiger partial charge in [0.1, 0.15) is 11.6 Å². The molecule has 0 N–H and O–H groups in total. The van der Waals surface area contributed by atoms with Crippen molar-refractivity contribution in [1.82, 2.24) is 9.80 Å². The van der Waals surface area contributed by atoms with Gasteiger partial charge >= 0.3 is 0 Å². The SMILES string of the molecule is COc1ccc(F)cc1C(=O)N1CCN(C(=O)Cc2ccccc2C)CC1. The van der Waals surface area contributed by atoms with Crippen LogP contribution in [-0.4, -0.2) is 54.9 Å². The minimum Gasteiger partial charge on any atom is -0.496 e. The molecule has 1 heterocycles. The van der Waals surface area contributed by atoms with Crippen molar-refractivity contribution >= 4 is 11.8 Å². The van der Waals surface area contributed by atoms with Crippen molar-refractivity contribution in [3.05, 3.63) is 65.0 Å². The van der Waals surface area contributed by atoms with Crippen LogP contribution in [0.3, 0.4) is 0 Å². The van der Waals surface area contributed by atoms with Gasteiger partial charge in [0.05, 0.1) is 19.1 Å². The van der Waals surface area contributed by atoms with Gasteiger partial charge in [-0.1, -0.05) is 24.3 Å². The van der Waals surface area contributed by atoms with E-state index in [2.05, 4.69) is 0 Å². The highest BCUT2D eigenvalue weighted by Gasteiger charge is 2.26. The van der Waals surface area contributed by atoms with Crippen LogP contribution in [0, 0.1) is 12.7 Å². The molecule has 3 rings (SSSR count). The average Bonchev–Trinajstić information content (AvgIpc) is 2.69. The van der Waals surface area contributed by atoms with Gasteiger partial charge < -0.3 is 14.5 Å². The number of methoxy groups -OCH3 is 1. The number of aryl methyl sites for hydroxylation is 1. The standard InChI is InChI=1S/C21H23FN2O3/c1-15-5-3-4-6-16(15)13-20(25)23-9-11-24(12-10-23)21(26)18-14-17(22)7-8-19(18)27-2/h3-8,14H,9-13H2,1-2H3. The second-order valence-electron chi connectivity index (χ2n) is 6.62. The van der Waals surface area contributed by atoms with Crippen molar-refractivity contribution < 1.29 is 18.7 Å². The maximum absolute atomic E-state index is 13.5. The predicted octanol–water partition coefficient (Wildman–Crippen LogP) is 2.67. The molecule has 1 aliphatic rings. The molecule has 0 spiro atoms. The first kappa shape index (κ1) is 18.9. The van der Waals surface area contributed by atoms with Gasteiger partial charge in [0, 0.05) is 26.2 Å². The Kier molecular flexibility index (Phi) is 5.74. The molecule has 27 heavy (non-hydrogen) atoms. The molecule has 0 atom stereocenters. The number of ether oxygens (including phenoxy) is 1. The van der Waals surface area contributed by atoms with E-state index in [1.165, 1.54) is 25.3 Å². The number of halogens is 1. The molecule has 0 bridgehead atoms. The molecule has 2 aromatic carbocycles. The van der Waals surface area contributed by atoms with Gasteiger partial charge in [0.2, 0.25) is 5.91 Å². The fourth-order valence-corrected chi connectivity index (χ4v) is 3.26. The Morgan fingerprint density at radius 2 is 1.70 bits per heavy atom. The molecule has 6 heteroatoms. The minimum absolute atomic E-state index is 0.0553. The Balaban J connectivity index is 1.62. The Bertz CT molecular complexity index is 845. The number of nitrogens with zero attached hydrogens (tertiary/aromatic N) is 2. The van der Waals surface area contributed by atoms with E-state index in [-0.39, 0.29) is 17.4 Å². The average molecular weight is 370 g/mol. The summed E-state index contributed by atoms with van der Waals surface area (Å²) in [5.74, 6) is -0.359. The largest absolute Gasteiger partial charge is 0.496 e. The number of rotatable bonds is 4. The van der Waals surface area contributed by atoms with Gasteiger partial charge in [-0.05, 0) is 36.2 Å². The number of carbonyl (C=O) groups excluding carboxylic acids is 2. The molecule has 1 aliphatic heterocycles. The summed E-state index contributed by atoms with van der Waals surface area (Å²) in [6.07, 6.45) is 0.359. The summed E-state index contributed by atoms with van der Waals surface area (Å²) in [6, 6.07) is 11.7. The van der Waals surface area contributed by atoms with E-state index in [0.29, 0.717) is 38.3 Å². The van der Waals surface area contributed by atoms with E-state index in [9.17, 15) is 14.0 Å². The third kappa shape index (κ3) is 4.27. The van der Waals surface area contributed by atoms with Crippen LogP contribution >= 0.6 is 0 Å². The molecule has 2 aromatic rings. The highest BCUT2D eigenvalue weighted by molar-refractivity contribution is 5.97. The molecule has 0 aromatic heterocycles. The predicted molar refractivity (Wildman–Crippen MR) is 100 cm³/mol. The first-order valence-corrected chi connectivity index (χ1v) is 8.94. The molecular weight excluding hydrogens is 347 g/mol. The Hall–Kier alpha value is -2.89. The molecule has 5 nitrogen and oxygen atoms in total. The van der Waals surface area contributed by atoms with Crippen LogP contribution in [0.1, 0.15) is 21.5 Å². The zero-order chi connectivity index (χ0) is 19.4. The first-order valence-electron chi connectivity index (χ1n) is 8.94. The summed E-state index contributed by atoms with van der Waals surface area (Å²) in [6.45, 7) is 3.75. The summed E-state index contributed by atoms with van der Waals surface area (Å²) in [7, 11) is 1.45. The van der Waals surface area contributed by atoms with Crippen LogP contribution in [0.15, 0.2) is 42.5 Å². The molecule has 1 fully saturated rings. The van der Waals surface area contributed by atoms with Gasteiger partial charge in [-0.2, -0.15) is 0 Å². The van der Waals surface area contributed by atoms with E-state index in [4.69, 9.17) is 4.74 Å². The quantitative estimate of drug-likeness (QED) is 0.831. The second kappa shape index (κ2) is 8.20. The molecule has 0 unspecified atom stereocenters. The first-order chi connectivity index (χ1) is 13.0. The van der Waals surface area contributed by atoms with Crippen LogP contribution in [0.4, 0.5) is 4.39 Å². The lowest BCUT2D eigenvalue weighted by molar-refractivity contribution is -0.131. The van der Waals surface area contributed by atoms with Crippen molar-refractivity contribution in [2.45, 2.75) is 13.3 Å². The molecule has 142 valence electrons. The van der Waals surface area contributed by atoms with Crippen LogP contribution in [0.25, 0.3) is 0 Å². The van der Waals surface area contributed by atoms with E-state index < -0.39 is 5.82 Å². The summed E-state index contributed by atoms with van der Waals surface area (Å²) >= 11 is 0. The van der Waals surface area contributed by atoms with E-state index in [1.807, 2.05) is 31.2 Å². The fourth-order valence-electron chi connectivity index (χ4n) is 3.26. The van der Waals surface area contributed by atoms with Crippen LogP contribution < -0.4 is 4.74 Å². The van der Waals surface area contributed by atoms with Crippen molar-refractivity contribution in [1.29, 1.82) is 0 Å². The van der Waals surface area contributed by atoms with E-state index in [0.717, 1.165) is 11.1 Å². The van der Waals surface area contributed by atoms with E-state index in [1.54, 1.807) is 9.80 Å². The maximum atomic E-state index is 13.5. The van der Waals surface area contributed by atoms with Gasteiger partial charge in [0.15, 0.2) is 0 Å². The van der Waals surface area contributed by atoms with Crippen LogP contribution in [0.2, 0.25) is 0 Å². The van der Waals surface area contributed by atoms with Gasteiger partial charge in [0.25, 0.3) is 5.91 Å². The highest BCUT2D eigenvalue weighted by atomic mass is 19.1. The molecule has 0 radical (unpaired) electrons. The number of benzene rings is 2. The Labute approximate surface area is 158 Å². The zero-order valence-corrected chi connectivity index (χ0v) is 15.6. The lowest BCUT2D eigenvalue weighted by Gasteiger charge is -2.35. The number of piperazine rings is 1. The number of carbonyl (C=O) groups is 2. The Morgan fingerprint density at radius 3 is 2.37 bits per heavy atom. The maximum Gasteiger partial charge on any atom is 0.257 e. The monoisotopic (exact) mass is 370 g/mol. The van der Waals surface area contributed by atoms with Crippen LogP contribution in [0.5, 0.6) is 5.75 Å². The summed E-state index contributed by atoms with van der Waals surface area (Å²) in [5.41, 5.74) is 2.32. The van der Waals surface area contributed by atoms with Crippen molar-refractivity contribution in [3.63, 3.8) is 0 Å². The number of hydrogen-bond donors (Lipinski definition) is 0. The molecule has 1 saturated heterocycles. The lowest BCUT2D eigenvalue weighted by atomic mass is 10.1. The number of amides is 2. The fraction of sp³-hybridized carbons (Fsp3) is 0.333.